The van der Waals surface area contributed by atoms with Crippen LogP contribution in [-0.4, -0.2) is 13.4 Å². The maximum Gasteiger partial charge on any atom is 0.153 e. The van der Waals surface area contributed by atoms with E-state index < -0.39 is 0 Å². The monoisotopic (exact) mass is 296 g/mol. The largest absolute Gasteiger partial charge is 0.497 e. The summed E-state index contributed by atoms with van der Waals surface area (Å²) in [6.45, 7) is 0. The van der Waals surface area contributed by atoms with Gasteiger partial charge in [0.2, 0.25) is 0 Å². The van der Waals surface area contributed by atoms with Gasteiger partial charge in [0, 0.05) is 17.2 Å². The van der Waals surface area contributed by atoms with Crippen molar-refractivity contribution in [2.24, 2.45) is 0 Å². The minimum absolute atomic E-state index is 0.356. The molecular formula is C14H10Cl2O3. The van der Waals surface area contributed by atoms with Crippen molar-refractivity contribution < 1.29 is 14.3 Å². The van der Waals surface area contributed by atoms with Crippen LogP contribution in [0.2, 0.25) is 10.0 Å². The number of carbonyl (C=O) groups is 1. The Balaban J connectivity index is 2.35. The van der Waals surface area contributed by atoms with Gasteiger partial charge in [0.1, 0.15) is 17.2 Å². The molecule has 0 amide bonds. The second-order valence-electron chi connectivity index (χ2n) is 3.70. The smallest absolute Gasteiger partial charge is 0.153 e. The van der Waals surface area contributed by atoms with Gasteiger partial charge in [-0.15, -0.1) is 0 Å². The Hall–Kier alpha value is -1.71. The molecule has 0 bridgehead atoms. The molecule has 2 aromatic rings. The Labute approximate surface area is 120 Å². The SMILES string of the molecule is COc1ccc(Oc2cc(Cl)ccc2C=O)c(Cl)c1. The fraction of sp³-hybridized carbons (Fsp3) is 0.0714. The van der Waals surface area contributed by atoms with Crippen molar-refractivity contribution in [2.75, 3.05) is 7.11 Å². The summed E-state index contributed by atoms with van der Waals surface area (Å²) in [6, 6.07) is 9.77. The Morgan fingerprint density at radius 1 is 1.05 bits per heavy atom. The second kappa shape index (κ2) is 5.95. The Morgan fingerprint density at radius 3 is 2.47 bits per heavy atom. The van der Waals surface area contributed by atoms with E-state index in [-0.39, 0.29) is 0 Å². The van der Waals surface area contributed by atoms with Gasteiger partial charge >= 0.3 is 0 Å². The van der Waals surface area contributed by atoms with E-state index in [1.165, 1.54) is 0 Å². The third-order valence-corrected chi connectivity index (χ3v) is 2.99. The average Bonchev–Trinajstić information content (AvgIpc) is 2.41. The van der Waals surface area contributed by atoms with E-state index in [1.54, 1.807) is 43.5 Å². The van der Waals surface area contributed by atoms with E-state index in [2.05, 4.69) is 0 Å². The number of carbonyl (C=O) groups excluding carboxylic acids is 1. The fourth-order valence-electron chi connectivity index (χ4n) is 1.50. The minimum atomic E-state index is 0.356. The predicted molar refractivity (Wildman–Crippen MR) is 74.9 cm³/mol. The quantitative estimate of drug-likeness (QED) is 0.773. The summed E-state index contributed by atoms with van der Waals surface area (Å²) in [6.07, 6.45) is 0.698. The normalized spacial score (nSPS) is 10.1. The summed E-state index contributed by atoms with van der Waals surface area (Å²) in [5.41, 5.74) is 0.399. The molecule has 0 saturated heterocycles. The molecule has 0 aromatic heterocycles. The number of aldehydes is 1. The fourth-order valence-corrected chi connectivity index (χ4v) is 1.87. The van der Waals surface area contributed by atoms with Crippen molar-refractivity contribution in [3.05, 3.63) is 52.0 Å². The van der Waals surface area contributed by atoms with Crippen molar-refractivity contribution in [2.45, 2.75) is 0 Å². The summed E-state index contributed by atoms with van der Waals surface area (Å²) >= 11 is 11.9. The molecular weight excluding hydrogens is 287 g/mol. The van der Waals surface area contributed by atoms with Crippen molar-refractivity contribution >= 4 is 29.5 Å². The standard InChI is InChI=1S/C14H10Cl2O3/c1-18-11-4-5-13(12(16)7-11)19-14-6-10(15)3-2-9(14)8-17/h2-8H,1H3. The van der Waals surface area contributed by atoms with Crippen LogP contribution in [0.15, 0.2) is 36.4 Å². The van der Waals surface area contributed by atoms with Crippen LogP contribution in [0.4, 0.5) is 0 Å². The van der Waals surface area contributed by atoms with E-state index in [4.69, 9.17) is 32.7 Å². The number of hydrogen-bond donors (Lipinski definition) is 0. The molecule has 5 heteroatoms. The lowest BCUT2D eigenvalue weighted by Gasteiger charge is -2.10. The highest BCUT2D eigenvalue weighted by Crippen LogP contribution is 2.34. The number of benzene rings is 2. The van der Waals surface area contributed by atoms with Crippen LogP contribution in [0.5, 0.6) is 17.2 Å². The lowest BCUT2D eigenvalue weighted by Crippen LogP contribution is -1.92. The Bertz CT molecular complexity index is 612. The molecule has 0 atom stereocenters. The van der Waals surface area contributed by atoms with Gasteiger partial charge in [-0.2, -0.15) is 0 Å². The van der Waals surface area contributed by atoms with Gasteiger partial charge in [-0.3, -0.25) is 4.79 Å². The molecule has 0 radical (unpaired) electrons. The number of hydrogen-bond acceptors (Lipinski definition) is 3. The van der Waals surface area contributed by atoms with Gasteiger partial charge in [-0.05, 0) is 24.3 Å². The molecule has 98 valence electrons. The molecule has 0 N–H and O–H groups in total. The molecule has 2 rings (SSSR count). The third-order valence-electron chi connectivity index (χ3n) is 2.46. The minimum Gasteiger partial charge on any atom is -0.497 e. The topological polar surface area (TPSA) is 35.5 Å². The van der Waals surface area contributed by atoms with Crippen LogP contribution < -0.4 is 9.47 Å². The molecule has 0 aliphatic carbocycles. The molecule has 0 fully saturated rings. The lowest BCUT2D eigenvalue weighted by atomic mass is 10.2. The number of rotatable bonds is 4. The molecule has 0 saturated carbocycles. The van der Waals surface area contributed by atoms with Gasteiger partial charge in [0.15, 0.2) is 6.29 Å². The van der Waals surface area contributed by atoms with E-state index in [0.29, 0.717) is 39.1 Å². The van der Waals surface area contributed by atoms with Gasteiger partial charge in [0.05, 0.1) is 17.7 Å². The predicted octanol–water partition coefficient (Wildman–Crippen LogP) is 4.61. The van der Waals surface area contributed by atoms with E-state index >= 15 is 0 Å². The first kappa shape index (κ1) is 13.7. The molecule has 19 heavy (non-hydrogen) atoms. The van der Waals surface area contributed by atoms with Crippen LogP contribution in [-0.2, 0) is 0 Å². The summed E-state index contributed by atoms with van der Waals surface area (Å²) in [5.74, 6) is 1.40. The Morgan fingerprint density at radius 2 is 1.84 bits per heavy atom. The van der Waals surface area contributed by atoms with Gasteiger partial charge in [0.25, 0.3) is 0 Å². The van der Waals surface area contributed by atoms with Crippen molar-refractivity contribution in [1.82, 2.24) is 0 Å². The first-order valence-electron chi connectivity index (χ1n) is 5.40. The molecule has 0 spiro atoms. The summed E-state index contributed by atoms with van der Waals surface area (Å²) < 4.78 is 10.7. The maximum atomic E-state index is 10.9. The van der Waals surface area contributed by atoms with Gasteiger partial charge in [-0.1, -0.05) is 23.2 Å². The maximum absolute atomic E-state index is 10.9. The number of halogens is 2. The molecule has 3 nitrogen and oxygen atoms in total. The zero-order valence-corrected chi connectivity index (χ0v) is 11.5. The number of methoxy groups -OCH3 is 1. The van der Waals surface area contributed by atoms with E-state index in [1.807, 2.05) is 0 Å². The molecule has 0 aliphatic heterocycles. The zero-order chi connectivity index (χ0) is 13.8. The van der Waals surface area contributed by atoms with Gasteiger partial charge < -0.3 is 9.47 Å². The highest BCUT2D eigenvalue weighted by atomic mass is 35.5. The first-order chi connectivity index (χ1) is 9.13. The molecule has 0 unspecified atom stereocenters. The van der Waals surface area contributed by atoms with Crippen LogP contribution in [0.3, 0.4) is 0 Å². The molecule has 0 heterocycles. The van der Waals surface area contributed by atoms with Crippen LogP contribution in [0.1, 0.15) is 10.4 Å². The third kappa shape index (κ3) is 3.19. The summed E-state index contributed by atoms with van der Waals surface area (Å²) in [4.78, 5) is 10.9. The van der Waals surface area contributed by atoms with Crippen molar-refractivity contribution in [1.29, 1.82) is 0 Å². The van der Waals surface area contributed by atoms with Crippen LogP contribution in [0.25, 0.3) is 0 Å². The van der Waals surface area contributed by atoms with E-state index in [0.717, 1.165) is 0 Å². The average molecular weight is 297 g/mol. The van der Waals surface area contributed by atoms with Gasteiger partial charge in [-0.25, -0.2) is 0 Å². The summed E-state index contributed by atoms with van der Waals surface area (Å²) in [7, 11) is 1.55. The van der Waals surface area contributed by atoms with Crippen molar-refractivity contribution in [3.63, 3.8) is 0 Å². The van der Waals surface area contributed by atoms with Crippen LogP contribution >= 0.6 is 23.2 Å². The Kier molecular flexibility index (Phi) is 4.30. The second-order valence-corrected chi connectivity index (χ2v) is 4.54. The molecule has 0 aliphatic rings. The van der Waals surface area contributed by atoms with Crippen molar-refractivity contribution in [3.8, 4) is 17.2 Å². The zero-order valence-electron chi connectivity index (χ0n) is 10.0. The lowest BCUT2D eigenvalue weighted by molar-refractivity contribution is 0.112. The first-order valence-corrected chi connectivity index (χ1v) is 6.15. The highest BCUT2D eigenvalue weighted by molar-refractivity contribution is 6.32. The van der Waals surface area contributed by atoms with Crippen LogP contribution in [0, 0.1) is 0 Å². The molecule has 2 aromatic carbocycles. The van der Waals surface area contributed by atoms with E-state index in [9.17, 15) is 4.79 Å². The summed E-state index contributed by atoms with van der Waals surface area (Å²) in [5, 5.41) is 0.862. The number of ether oxygens (including phenoxy) is 2. The highest BCUT2D eigenvalue weighted by Gasteiger charge is 2.09.